The van der Waals surface area contributed by atoms with Gasteiger partial charge in [-0.1, -0.05) is 55.1 Å². The summed E-state index contributed by atoms with van der Waals surface area (Å²) >= 11 is 0. The zero-order valence-electron chi connectivity index (χ0n) is 13.8. The molecule has 0 amide bonds. The van der Waals surface area contributed by atoms with Crippen LogP contribution in [0.2, 0.25) is 0 Å². The Bertz CT molecular complexity index is 993. The second-order valence-corrected chi connectivity index (χ2v) is 6.36. The zero-order valence-corrected chi connectivity index (χ0v) is 13.8. The van der Waals surface area contributed by atoms with Crippen molar-refractivity contribution in [2.75, 3.05) is 0 Å². The van der Waals surface area contributed by atoms with Gasteiger partial charge in [0.25, 0.3) is 0 Å². The summed E-state index contributed by atoms with van der Waals surface area (Å²) in [5.41, 5.74) is 6.84. The Morgan fingerprint density at radius 1 is 1.08 bits per heavy atom. The van der Waals surface area contributed by atoms with Gasteiger partial charge in [0.2, 0.25) is 0 Å². The van der Waals surface area contributed by atoms with Crippen LogP contribution in [0.25, 0.3) is 34.1 Å². The molecule has 0 aliphatic heterocycles. The highest BCUT2D eigenvalue weighted by atomic mass is 16.3. The minimum atomic E-state index is 0.359. The van der Waals surface area contributed by atoms with E-state index in [0.29, 0.717) is 5.75 Å². The summed E-state index contributed by atoms with van der Waals surface area (Å²) in [6, 6.07) is 14.4. The molecule has 118 valence electrons. The van der Waals surface area contributed by atoms with E-state index in [1.54, 1.807) is 0 Å². The normalized spacial score (nSPS) is 13.0. The lowest BCUT2D eigenvalue weighted by Crippen LogP contribution is -2.00. The monoisotopic (exact) mass is 312 g/mol. The fourth-order valence-electron chi connectivity index (χ4n) is 3.79. The van der Waals surface area contributed by atoms with Crippen molar-refractivity contribution >= 4 is 22.9 Å². The topological polar surface area (TPSA) is 20.2 Å². The molecule has 0 radical (unpaired) electrons. The minimum absolute atomic E-state index is 0.359. The fourth-order valence-corrected chi connectivity index (χ4v) is 3.79. The van der Waals surface area contributed by atoms with Crippen LogP contribution in [0.1, 0.15) is 28.7 Å². The largest absolute Gasteiger partial charge is 0.507 e. The highest BCUT2D eigenvalue weighted by Gasteiger charge is 2.18. The molecule has 0 heterocycles. The maximum absolute atomic E-state index is 10.6. The van der Waals surface area contributed by atoms with Crippen molar-refractivity contribution in [1.82, 2.24) is 0 Å². The van der Waals surface area contributed by atoms with E-state index in [4.69, 9.17) is 0 Å². The highest BCUT2D eigenvalue weighted by Crippen LogP contribution is 2.41. The van der Waals surface area contributed by atoms with Crippen LogP contribution in [-0.2, 0) is 6.42 Å². The van der Waals surface area contributed by atoms with Crippen molar-refractivity contribution in [1.29, 1.82) is 0 Å². The molecule has 1 nitrogen and oxygen atoms in total. The summed E-state index contributed by atoms with van der Waals surface area (Å²) in [7, 11) is 0. The van der Waals surface area contributed by atoms with Crippen molar-refractivity contribution in [2.24, 2.45) is 0 Å². The van der Waals surface area contributed by atoms with Crippen LogP contribution in [0.3, 0.4) is 0 Å². The minimum Gasteiger partial charge on any atom is -0.507 e. The number of phenols is 1. The molecule has 0 fully saturated rings. The van der Waals surface area contributed by atoms with E-state index >= 15 is 0 Å². The van der Waals surface area contributed by atoms with Crippen LogP contribution in [0.5, 0.6) is 5.75 Å². The molecule has 0 saturated heterocycles. The van der Waals surface area contributed by atoms with E-state index in [1.165, 1.54) is 27.5 Å². The molecule has 0 aromatic heterocycles. The maximum atomic E-state index is 10.6. The first kappa shape index (κ1) is 14.8. The zero-order chi connectivity index (χ0) is 16.7. The molecular weight excluding hydrogens is 292 g/mol. The number of phenolic OH excluding ortho intramolecular Hbond substituents is 1. The molecule has 0 atom stereocenters. The molecule has 1 aliphatic carbocycles. The van der Waals surface area contributed by atoms with Crippen molar-refractivity contribution in [3.05, 3.63) is 77.4 Å². The number of hydrogen-bond donors (Lipinski definition) is 1. The summed E-state index contributed by atoms with van der Waals surface area (Å²) in [6.07, 6.45) is 8.24. The molecule has 1 N–H and O–H groups in total. The third-order valence-corrected chi connectivity index (χ3v) is 5.02. The van der Waals surface area contributed by atoms with Gasteiger partial charge < -0.3 is 5.11 Å². The Balaban J connectivity index is 2.10. The Kier molecular flexibility index (Phi) is 3.50. The molecule has 0 unspecified atom stereocenters. The van der Waals surface area contributed by atoms with Gasteiger partial charge in [0.05, 0.1) is 0 Å². The average Bonchev–Trinajstić information content (AvgIpc) is 2.63. The van der Waals surface area contributed by atoms with E-state index < -0.39 is 0 Å². The Morgan fingerprint density at radius 3 is 2.67 bits per heavy atom. The van der Waals surface area contributed by atoms with Gasteiger partial charge in [-0.15, -0.1) is 0 Å². The summed E-state index contributed by atoms with van der Waals surface area (Å²) < 4.78 is 0. The van der Waals surface area contributed by atoms with E-state index in [1.807, 2.05) is 18.2 Å². The number of aryl methyl sites for hydroxylation is 1. The predicted molar refractivity (Wildman–Crippen MR) is 103 cm³/mol. The Labute approximate surface area is 142 Å². The third-order valence-electron chi connectivity index (χ3n) is 5.02. The number of rotatable bonds is 2. The molecule has 0 spiro atoms. The smallest absolute Gasteiger partial charge is 0.123 e. The van der Waals surface area contributed by atoms with Gasteiger partial charge in [-0.05, 0) is 70.5 Å². The van der Waals surface area contributed by atoms with Gasteiger partial charge in [0.1, 0.15) is 5.75 Å². The summed E-state index contributed by atoms with van der Waals surface area (Å²) in [4.78, 5) is 0. The van der Waals surface area contributed by atoms with Crippen LogP contribution in [0.4, 0.5) is 0 Å². The quantitative estimate of drug-likeness (QED) is 0.604. The lowest BCUT2D eigenvalue weighted by atomic mass is 9.85. The number of fused-ring (bicyclic) bond motifs is 2. The lowest BCUT2D eigenvalue weighted by molar-refractivity contribution is 0.476. The molecule has 4 rings (SSSR count). The first-order valence-corrected chi connectivity index (χ1v) is 8.37. The van der Waals surface area contributed by atoms with Crippen molar-refractivity contribution in [3.63, 3.8) is 0 Å². The standard InChI is InChI=1S/C23H20O/c1-3-16-14-21(15(2)18-9-6-7-10-19(16)18)23-20-11-5-4-8-17(20)12-13-22(23)24/h3-4,6-10,12-14,24H,1,5,11H2,2H3. The first-order chi connectivity index (χ1) is 11.7. The van der Waals surface area contributed by atoms with Crippen LogP contribution >= 0.6 is 0 Å². The van der Waals surface area contributed by atoms with E-state index in [-0.39, 0.29) is 0 Å². The molecule has 1 aliphatic rings. The van der Waals surface area contributed by atoms with Gasteiger partial charge in [-0.3, -0.25) is 0 Å². The lowest BCUT2D eigenvalue weighted by Gasteiger charge is -2.20. The van der Waals surface area contributed by atoms with Gasteiger partial charge >= 0.3 is 0 Å². The van der Waals surface area contributed by atoms with Crippen LogP contribution < -0.4 is 0 Å². The average molecular weight is 312 g/mol. The first-order valence-electron chi connectivity index (χ1n) is 8.37. The molecule has 0 saturated carbocycles. The van der Waals surface area contributed by atoms with Gasteiger partial charge in [-0.25, -0.2) is 0 Å². The molecule has 3 aromatic rings. The SMILES string of the molecule is C=Cc1cc(-c2c(O)ccc3c2CCC=C3)c(C)c2ccccc12. The molecule has 24 heavy (non-hydrogen) atoms. The van der Waals surface area contributed by atoms with Crippen molar-refractivity contribution in [2.45, 2.75) is 19.8 Å². The Hall–Kier alpha value is -2.80. The van der Waals surface area contributed by atoms with Gasteiger partial charge in [0.15, 0.2) is 0 Å². The molecular formula is C23H20O. The van der Waals surface area contributed by atoms with Crippen LogP contribution in [0, 0.1) is 6.92 Å². The van der Waals surface area contributed by atoms with E-state index in [9.17, 15) is 5.11 Å². The summed E-state index contributed by atoms with van der Waals surface area (Å²) in [5, 5.41) is 13.1. The summed E-state index contributed by atoms with van der Waals surface area (Å²) in [5.74, 6) is 0.359. The number of aromatic hydroxyl groups is 1. The molecule has 0 bridgehead atoms. The molecule has 1 heteroatoms. The highest BCUT2D eigenvalue weighted by molar-refractivity contribution is 5.99. The second-order valence-electron chi connectivity index (χ2n) is 6.36. The second kappa shape index (κ2) is 5.68. The fraction of sp³-hybridized carbons (Fsp3) is 0.130. The van der Waals surface area contributed by atoms with E-state index in [0.717, 1.165) is 29.5 Å². The van der Waals surface area contributed by atoms with Crippen molar-refractivity contribution < 1.29 is 5.11 Å². The van der Waals surface area contributed by atoms with E-state index in [2.05, 4.69) is 56.0 Å². The van der Waals surface area contributed by atoms with Crippen LogP contribution in [-0.4, -0.2) is 5.11 Å². The predicted octanol–water partition coefficient (Wildman–Crippen LogP) is 6.12. The molecule has 3 aromatic carbocycles. The Morgan fingerprint density at radius 2 is 1.88 bits per heavy atom. The van der Waals surface area contributed by atoms with Crippen molar-refractivity contribution in [3.8, 4) is 16.9 Å². The van der Waals surface area contributed by atoms with Crippen LogP contribution in [0.15, 0.2) is 55.1 Å². The van der Waals surface area contributed by atoms with Gasteiger partial charge in [-0.2, -0.15) is 0 Å². The van der Waals surface area contributed by atoms with Gasteiger partial charge in [0, 0.05) is 5.56 Å². The number of benzene rings is 3. The third kappa shape index (κ3) is 2.16. The number of hydrogen-bond acceptors (Lipinski definition) is 1. The summed E-state index contributed by atoms with van der Waals surface area (Å²) in [6.45, 7) is 6.12. The maximum Gasteiger partial charge on any atom is 0.123 e. The number of allylic oxidation sites excluding steroid dienone is 1.